The molecule has 2 aliphatic heterocycles. The Balaban J connectivity index is 1.68. The largest absolute Gasteiger partial charge is 0.465 e. The van der Waals surface area contributed by atoms with Crippen LogP contribution in [-0.2, 0) is 6.54 Å². The fraction of sp³-hybridized carbons (Fsp3) is 0.526. The summed E-state index contributed by atoms with van der Waals surface area (Å²) in [6.07, 6.45) is 1.44. The number of nitro groups is 1. The van der Waals surface area contributed by atoms with Gasteiger partial charge in [-0.2, -0.15) is 0 Å². The van der Waals surface area contributed by atoms with Gasteiger partial charge >= 0.3 is 6.09 Å². The van der Waals surface area contributed by atoms with Gasteiger partial charge in [-0.05, 0) is 17.9 Å². The smallest absolute Gasteiger partial charge is 0.407 e. The van der Waals surface area contributed by atoms with Crippen molar-refractivity contribution in [2.75, 3.05) is 13.1 Å². The quantitative estimate of drug-likeness (QED) is 0.650. The Morgan fingerprint density at radius 1 is 1.44 bits per heavy atom. The number of hydrogen-bond acceptors (Lipinski definition) is 5. The van der Waals surface area contributed by atoms with Crippen LogP contribution < -0.4 is 0 Å². The van der Waals surface area contributed by atoms with Gasteiger partial charge in [-0.25, -0.2) is 4.79 Å². The van der Waals surface area contributed by atoms with Crippen molar-refractivity contribution in [3.8, 4) is 0 Å². The highest BCUT2D eigenvalue weighted by atomic mass is 16.6. The van der Waals surface area contributed by atoms with Crippen LogP contribution >= 0.6 is 0 Å². The predicted molar refractivity (Wildman–Crippen MR) is 98.6 cm³/mol. The SMILES string of the molecule is CC(C)(C)[C@]12C[C@@H](CN1C(=O)O)N(Cc1cc([N+](=O)[O-])cc3ccoc13)C2. The minimum absolute atomic E-state index is 0.0425. The van der Waals surface area contributed by atoms with Gasteiger partial charge in [0.05, 0.1) is 16.7 Å². The maximum absolute atomic E-state index is 11.8. The minimum atomic E-state index is -0.879. The van der Waals surface area contributed by atoms with E-state index in [0.717, 1.165) is 12.0 Å². The first-order chi connectivity index (χ1) is 12.6. The third-order valence-electron chi connectivity index (χ3n) is 6.29. The molecule has 1 amide bonds. The van der Waals surface area contributed by atoms with Crippen molar-refractivity contribution in [1.29, 1.82) is 0 Å². The van der Waals surface area contributed by atoms with Gasteiger partial charge in [-0.15, -0.1) is 0 Å². The highest BCUT2D eigenvalue weighted by molar-refractivity contribution is 5.83. The summed E-state index contributed by atoms with van der Waals surface area (Å²) in [6, 6.07) is 4.91. The van der Waals surface area contributed by atoms with E-state index < -0.39 is 16.6 Å². The maximum Gasteiger partial charge on any atom is 0.407 e. The summed E-state index contributed by atoms with van der Waals surface area (Å²) in [6.45, 7) is 7.80. The lowest BCUT2D eigenvalue weighted by molar-refractivity contribution is -0.384. The molecule has 2 saturated heterocycles. The predicted octanol–water partition coefficient (Wildman–Crippen LogP) is 3.69. The molecule has 8 heteroatoms. The van der Waals surface area contributed by atoms with Gasteiger partial charge in [0.2, 0.25) is 0 Å². The van der Waals surface area contributed by atoms with Crippen molar-refractivity contribution in [1.82, 2.24) is 9.80 Å². The number of furan rings is 1. The fourth-order valence-electron chi connectivity index (χ4n) is 4.78. The zero-order valence-corrected chi connectivity index (χ0v) is 15.6. The van der Waals surface area contributed by atoms with E-state index >= 15 is 0 Å². The number of rotatable bonds is 3. The molecule has 2 aromatic rings. The van der Waals surface area contributed by atoms with Gasteiger partial charge in [0.25, 0.3) is 5.69 Å². The van der Waals surface area contributed by atoms with E-state index in [4.69, 9.17) is 4.42 Å². The van der Waals surface area contributed by atoms with Crippen LogP contribution in [0.4, 0.5) is 10.5 Å². The number of fused-ring (bicyclic) bond motifs is 3. The Kier molecular flexibility index (Phi) is 3.75. The summed E-state index contributed by atoms with van der Waals surface area (Å²) in [5.41, 5.74) is 0.802. The molecule has 144 valence electrons. The van der Waals surface area contributed by atoms with Crippen molar-refractivity contribution in [2.45, 2.75) is 45.3 Å². The summed E-state index contributed by atoms with van der Waals surface area (Å²) in [5.74, 6) is 0. The number of likely N-dealkylation sites (tertiary alicyclic amines) is 2. The summed E-state index contributed by atoms with van der Waals surface area (Å²) in [7, 11) is 0. The number of carboxylic acid groups (broad SMARTS) is 1. The van der Waals surface area contributed by atoms with Crippen LogP contribution in [0, 0.1) is 15.5 Å². The van der Waals surface area contributed by atoms with Crippen LogP contribution in [0.5, 0.6) is 0 Å². The molecule has 1 aromatic carbocycles. The molecule has 0 unspecified atom stereocenters. The second-order valence-electron chi connectivity index (χ2n) is 8.64. The second-order valence-corrected chi connectivity index (χ2v) is 8.64. The first-order valence-corrected chi connectivity index (χ1v) is 9.01. The van der Waals surface area contributed by atoms with E-state index in [9.17, 15) is 20.0 Å². The summed E-state index contributed by atoms with van der Waals surface area (Å²) in [5, 5.41) is 21.7. The summed E-state index contributed by atoms with van der Waals surface area (Å²) >= 11 is 0. The Hall–Kier alpha value is -2.61. The number of nitro benzene ring substituents is 1. The fourth-order valence-corrected chi connectivity index (χ4v) is 4.78. The zero-order chi connectivity index (χ0) is 19.6. The van der Waals surface area contributed by atoms with Crippen LogP contribution in [0.25, 0.3) is 11.0 Å². The molecule has 2 aliphatic rings. The van der Waals surface area contributed by atoms with Gasteiger partial charge < -0.3 is 9.52 Å². The van der Waals surface area contributed by atoms with Crippen molar-refractivity contribution >= 4 is 22.7 Å². The highest BCUT2D eigenvalue weighted by Crippen LogP contribution is 2.50. The van der Waals surface area contributed by atoms with E-state index in [1.807, 2.05) is 0 Å². The summed E-state index contributed by atoms with van der Waals surface area (Å²) < 4.78 is 5.57. The van der Waals surface area contributed by atoms with E-state index in [2.05, 4.69) is 25.7 Å². The number of amides is 1. The first kappa shape index (κ1) is 17.8. The van der Waals surface area contributed by atoms with Crippen molar-refractivity contribution in [3.05, 3.63) is 40.1 Å². The monoisotopic (exact) mass is 373 g/mol. The van der Waals surface area contributed by atoms with Crippen molar-refractivity contribution in [2.24, 2.45) is 5.41 Å². The molecule has 0 spiro atoms. The molecule has 2 fully saturated rings. The number of non-ortho nitro benzene ring substituents is 1. The molecule has 1 aromatic heterocycles. The maximum atomic E-state index is 11.8. The van der Waals surface area contributed by atoms with E-state index in [0.29, 0.717) is 30.6 Å². The Labute approximate surface area is 156 Å². The van der Waals surface area contributed by atoms with E-state index in [1.54, 1.807) is 17.0 Å². The topological polar surface area (TPSA) is 100 Å². The van der Waals surface area contributed by atoms with Gasteiger partial charge in [0, 0.05) is 48.8 Å². The molecule has 1 N–H and O–H groups in total. The van der Waals surface area contributed by atoms with Crippen LogP contribution in [-0.4, -0.2) is 50.6 Å². The molecular weight excluding hydrogens is 350 g/mol. The van der Waals surface area contributed by atoms with Crippen LogP contribution in [0.2, 0.25) is 0 Å². The zero-order valence-electron chi connectivity index (χ0n) is 15.6. The molecule has 0 aliphatic carbocycles. The number of carbonyl (C=O) groups is 1. The molecule has 2 atom stereocenters. The number of piperazine rings is 1. The van der Waals surface area contributed by atoms with E-state index in [-0.39, 0.29) is 17.1 Å². The number of nitrogens with zero attached hydrogens (tertiary/aromatic N) is 3. The molecule has 8 nitrogen and oxygen atoms in total. The molecule has 3 heterocycles. The third kappa shape index (κ3) is 2.58. The number of hydrogen-bond donors (Lipinski definition) is 1. The standard InChI is InChI=1S/C19H23N3O5/c1-18(2,3)19-8-15(10-21(19)17(23)24)20(11-19)9-13-7-14(22(25)26)6-12-4-5-27-16(12)13/h4-7,15H,8-11H2,1-3H3,(H,23,24)/t15-,19+/m0/s1. The molecule has 27 heavy (non-hydrogen) atoms. The lowest BCUT2D eigenvalue weighted by atomic mass is 9.73. The molecule has 4 rings (SSSR count). The Morgan fingerprint density at radius 3 is 2.81 bits per heavy atom. The first-order valence-electron chi connectivity index (χ1n) is 9.01. The van der Waals surface area contributed by atoms with Gasteiger partial charge in [0.1, 0.15) is 5.58 Å². The average molecular weight is 373 g/mol. The normalized spacial score (nSPS) is 25.4. The molecule has 0 radical (unpaired) electrons. The van der Waals surface area contributed by atoms with E-state index in [1.165, 1.54) is 12.3 Å². The van der Waals surface area contributed by atoms with Gasteiger partial charge in [-0.1, -0.05) is 20.8 Å². The van der Waals surface area contributed by atoms with Crippen LogP contribution in [0.15, 0.2) is 28.9 Å². The second kappa shape index (κ2) is 5.69. The highest BCUT2D eigenvalue weighted by Gasteiger charge is 2.61. The van der Waals surface area contributed by atoms with Crippen molar-refractivity contribution in [3.63, 3.8) is 0 Å². The van der Waals surface area contributed by atoms with Crippen molar-refractivity contribution < 1.29 is 19.2 Å². The summed E-state index contributed by atoms with van der Waals surface area (Å²) in [4.78, 5) is 26.5. The lowest BCUT2D eigenvalue weighted by Gasteiger charge is -2.48. The molecule has 0 saturated carbocycles. The average Bonchev–Trinajstić information content (AvgIpc) is 3.26. The molecular formula is C19H23N3O5. The lowest BCUT2D eigenvalue weighted by Crippen LogP contribution is -2.61. The van der Waals surface area contributed by atoms with Gasteiger partial charge in [0.15, 0.2) is 0 Å². The third-order valence-corrected chi connectivity index (χ3v) is 6.29. The number of benzene rings is 1. The van der Waals surface area contributed by atoms with Crippen LogP contribution in [0.3, 0.4) is 0 Å². The molecule has 2 bridgehead atoms. The Bertz CT molecular complexity index is 931. The van der Waals surface area contributed by atoms with Gasteiger partial charge in [-0.3, -0.25) is 19.9 Å². The minimum Gasteiger partial charge on any atom is -0.465 e. The Morgan fingerprint density at radius 2 is 2.19 bits per heavy atom. The van der Waals surface area contributed by atoms with Crippen LogP contribution in [0.1, 0.15) is 32.8 Å².